The van der Waals surface area contributed by atoms with Gasteiger partial charge in [-0.15, -0.1) is 0 Å². The molecule has 2 aromatic carbocycles. The number of anilines is 1. The SMILES string of the molecule is CCCCOc1ccc(C(=O)NNC(=O)CCC(=O)Nc2ccc(C)c(C)c2)cc1. The van der Waals surface area contributed by atoms with Crippen LogP contribution in [0.15, 0.2) is 42.5 Å². The number of rotatable bonds is 9. The number of hydrazine groups is 1. The Hall–Kier alpha value is -3.35. The molecule has 3 amide bonds. The fourth-order valence-electron chi connectivity index (χ4n) is 2.57. The molecule has 0 unspecified atom stereocenters. The molecule has 0 saturated carbocycles. The maximum Gasteiger partial charge on any atom is 0.269 e. The van der Waals surface area contributed by atoms with E-state index in [4.69, 9.17) is 4.74 Å². The minimum absolute atomic E-state index is 0.0123. The zero-order valence-electron chi connectivity index (χ0n) is 17.7. The number of aryl methyl sites for hydroxylation is 2. The molecule has 0 saturated heterocycles. The molecule has 0 spiro atoms. The molecule has 0 radical (unpaired) electrons. The van der Waals surface area contributed by atoms with Crippen LogP contribution in [-0.2, 0) is 9.59 Å². The molecule has 0 aliphatic carbocycles. The highest BCUT2D eigenvalue weighted by Gasteiger charge is 2.10. The van der Waals surface area contributed by atoms with Crippen molar-refractivity contribution in [3.05, 3.63) is 59.2 Å². The molecular weight excluding hydrogens is 382 g/mol. The van der Waals surface area contributed by atoms with Gasteiger partial charge in [0, 0.05) is 24.1 Å². The molecule has 2 aromatic rings. The van der Waals surface area contributed by atoms with Gasteiger partial charge in [-0.05, 0) is 67.8 Å². The Balaban J connectivity index is 1.71. The maximum absolute atomic E-state index is 12.1. The number of unbranched alkanes of at least 4 members (excludes halogenated alkanes) is 1. The molecule has 0 aliphatic rings. The van der Waals surface area contributed by atoms with E-state index >= 15 is 0 Å². The molecule has 7 heteroatoms. The van der Waals surface area contributed by atoms with Crippen LogP contribution < -0.4 is 20.9 Å². The lowest BCUT2D eigenvalue weighted by atomic mass is 10.1. The lowest BCUT2D eigenvalue weighted by molar-refractivity contribution is -0.124. The van der Waals surface area contributed by atoms with Gasteiger partial charge in [-0.1, -0.05) is 19.4 Å². The Kier molecular flexibility index (Phi) is 8.87. The molecule has 0 heterocycles. The van der Waals surface area contributed by atoms with Crippen molar-refractivity contribution in [1.82, 2.24) is 10.9 Å². The number of carbonyl (C=O) groups excluding carboxylic acids is 3. The lowest BCUT2D eigenvalue weighted by Gasteiger charge is -2.09. The first-order valence-electron chi connectivity index (χ1n) is 10.1. The van der Waals surface area contributed by atoms with E-state index in [-0.39, 0.29) is 18.7 Å². The second kappa shape index (κ2) is 11.6. The van der Waals surface area contributed by atoms with Crippen LogP contribution in [0, 0.1) is 13.8 Å². The average Bonchev–Trinajstić information content (AvgIpc) is 2.74. The van der Waals surface area contributed by atoms with Crippen molar-refractivity contribution in [1.29, 1.82) is 0 Å². The van der Waals surface area contributed by atoms with Crippen molar-refractivity contribution in [2.75, 3.05) is 11.9 Å². The summed E-state index contributed by atoms with van der Waals surface area (Å²) in [6.45, 7) is 6.68. The summed E-state index contributed by atoms with van der Waals surface area (Å²) >= 11 is 0. The summed E-state index contributed by atoms with van der Waals surface area (Å²) in [7, 11) is 0. The third-order valence-corrected chi connectivity index (χ3v) is 4.57. The molecule has 0 atom stereocenters. The van der Waals surface area contributed by atoms with E-state index in [1.54, 1.807) is 24.3 Å². The van der Waals surface area contributed by atoms with E-state index in [1.807, 2.05) is 32.0 Å². The van der Waals surface area contributed by atoms with Gasteiger partial charge in [-0.25, -0.2) is 0 Å². The highest BCUT2D eigenvalue weighted by molar-refractivity contribution is 5.96. The third-order valence-electron chi connectivity index (χ3n) is 4.57. The van der Waals surface area contributed by atoms with Crippen LogP contribution in [0.4, 0.5) is 5.69 Å². The second-order valence-electron chi connectivity index (χ2n) is 7.08. The first kappa shape index (κ1) is 22.9. The van der Waals surface area contributed by atoms with Crippen LogP contribution in [0.5, 0.6) is 5.75 Å². The Morgan fingerprint density at radius 2 is 1.57 bits per heavy atom. The minimum atomic E-state index is -0.446. The predicted octanol–water partition coefficient (Wildman–Crippen LogP) is 3.66. The highest BCUT2D eigenvalue weighted by atomic mass is 16.5. The number of ether oxygens (including phenoxy) is 1. The summed E-state index contributed by atoms with van der Waals surface area (Å²) in [5.41, 5.74) is 7.98. The van der Waals surface area contributed by atoms with E-state index in [9.17, 15) is 14.4 Å². The monoisotopic (exact) mass is 411 g/mol. The van der Waals surface area contributed by atoms with Gasteiger partial charge < -0.3 is 10.1 Å². The van der Waals surface area contributed by atoms with Gasteiger partial charge >= 0.3 is 0 Å². The molecular formula is C23H29N3O4. The Morgan fingerprint density at radius 1 is 0.867 bits per heavy atom. The van der Waals surface area contributed by atoms with Crippen LogP contribution in [0.3, 0.4) is 0 Å². The molecule has 0 aromatic heterocycles. The molecule has 0 aliphatic heterocycles. The fourth-order valence-corrected chi connectivity index (χ4v) is 2.57. The summed E-state index contributed by atoms with van der Waals surface area (Å²) < 4.78 is 5.55. The molecule has 0 fully saturated rings. The van der Waals surface area contributed by atoms with Gasteiger partial charge in [-0.3, -0.25) is 25.2 Å². The summed E-state index contributed by atoms with van der Waals surface area (Å²) in [4.78, 5) is 36.0. The Labute approximate surface area is 177 Å². The first-order valence-corrected chi connectivity index (χ1v) is 10.1. The molecule has 3 N–H and O–H groups in total. The van der Waals surface area contributed by atoms with Crippen LogP contribution >= 0.6 is 0 Å². The topological polar surface area (TPSA) is 96.5 Å². The van der Waals surface area contributed by atoms with Gasteiger partial charge in [0.2, 0.25) is 11.8 Å². The van der Waals surface area contributed by atoms with E-state index in [0.29, 0.717) is 23.6 Å². The van der Waals surface area contributed by atoms with Crippen molar-refractivity contribution in [3.8, 4) is 5.75 Å². The van der Waals surface area contributed by atoms with Gasteiger partial charge in [0.1, 0.15) is 5.75 Å². The number of hydrogen-bond donors (Lipinski definition) is 3. The molecule has 7 nitrogen and oxygen atoms in total. The second-order valence-corrected chi connectivity index (χ2v) is 7.08. The normalized spacial score (nSPS) is 10.2. The van der Waals surface area contributed by atoms with E-state index in [0.717, 1.165) is 24.0 Å². The zero-order valence-corrected chi connectivity index (χ0v) is 17.7. The number of hydrogen-bond acceptors (Lipinski definition) is 4. The van der Waals surface area contributed by atoms with E-state index < -0.39 is 11.8 Å². The van der Waals surface area contributed by atoms with Gasteiger partial charge in [-0.2, -0.15) is 0 Å². The van der Waals surface area contributed by atoms with Crippen molar-refractivity contribution < 1.29 is 19.1 Å². The average molecular weight is 412 g/mol. The summed E-state index contributed by atoms with van der Waals surface area (Å²) in [6.07, 6.45) is 1.99. The van der Waals surface area contributed by atoms with Crippen molar-refractivity contribution >= 4 is 23.4 Å². The summed E-state index contributed by atoms with van der Waals surface area (Å²) in [5.74, 6) is -0.460. The van der Waals surface area contributed by atoms with Crippen LogP contribution in [0.1, 0.15) is 54.1 Å². The molecule has 2 rings (SSSR count). The minimum Gasteiger partial charge on any atom is -0.494 e. The van der Waals surface area contributed by atoms with Gasteiger partial charge in [0.15, 0.2) is 0 Å². The molecule has 0 bridgehead atoms. The Morgan fingerprint density at radius 3 is 2.23 bits per heavy atom. The van der Waals surface area contributed by atoms with Crippen LogP contribution in [0.25, 0.3) is 0 Å². The fraction of sp³-hybridized carbons (Fsp3) is 0.348. The smallest absolute Gasteiger partial charge is 0.269 e. The number of benzene rings is 2. The number of carbonyl (C=O) groups is 3. The molecule has 160 valence electrons. The van der Waals surface area contributed by atoms with Gasteiger partial charge in [0.25, 0.3) is 5.91 Å². The number of amides is 3. The van der Waals surface area contributed by atoms with Crippen molar-refractivity contribution in [2.24, 2.45) is 0 Å². The Bertz CT molecular complexity index is 879. The van der Waals surface area contributed by atoms with Gasteiger partial charge in [0.05, 0.1) is 6.61 Å². The summed E-state index contributed by atoms with van der Waals surface area (Å²) in [6, 6.07) is 12.3. The molecule has 30 heavy (non-hydrogen) atoms. The highest BCUT2D eigenvalue weighted by Crippen LogP contribution is 2.15. The summed E-state index contributed by atoms with van der Waals surface area (Å²) in [5, 5.41) is 2.76. The van der Waals surface area contributed by atoms with E-state index in [1.165, 1.54) is 0 Å². The van der Waals surface area contributed by atoms with Crippen LogP contribution in [-0.4, -0.2) is 24.3 Å². The number of nitrogens with one attached hydrogen (secondary N) is 3. The first-order chi connectivity index (χ1) is 14.4. The predicted molar refractivity (Wildman–Crippen MR) is 116 cm³/mol. The van der Waals surface area contributed by atoms with Crippen LogP contribution in [0.2, 0.25) is 0 Å². The quantitative estimate of drug-likeness (QED) is 0.433. The lowest BCUT2D eigenvalue weighted by Crippen LogP contribution is -2.41. The standard InChI is InChI=1S/C23H29N3O4/c1-4-5-14-30-20-10-7-18(8-11-20)23(29)26-25-22(28)13-12-21(27)24-19-9-6-16(2)17(3)15-19/h6-11,15H,4-5,12-14H2,1-3H3,(H,24,27)(H,25,28)(H,26,29). The maximum atomic E-state index is 12.1. The van der Waals surface area contributed by atoms with E-state index in [2.05, 4.69) is 23.1 Å². The largest absolute Gasteiger partial charge is 0.494 e. The third kappa shape index (κ3) is 7.58. The van der Waals surface area contributed by atoms with Crippen molar-refractivity contribution in [3.63, 3.8) is 0 Å². The van der Waals surface area contributed by atoms with Crippen molar-refractivity contribution in [2.45, 2.75) is 46.5 Å². The zero-order chi connectivity index (χ0) is 21.9.